The third kappa shape index (κ3) is 5.73. The molecule has 2 aromatic heterocycles. The van der Waals surface area contributed by atoms with E-state index in [2.05, 4.69) is 15.6 Å². The highest BCUT2D eigenvalue weighted by Gasteiger charge is 2.21. The zero-order valence-corrected chi connectivity index (χ0v) is 19.6. The number of ether oxygens (including phenoxy) is 1. The zero-order valence-electron chi connectivity index (χ0n) is 18.0. The normalized spacial score (nSPS) is 14.3. The molecule has 32 heavy (non-hydrogen) atoms. The average Bonchev–Trinajstić information content (AvgIpc) is 3.52. The first-order valence-electron chi connectivity index (χ1n) is 10.5. The van der Waals surface area contributed by atoms with E-state index >= 15 is 0 Å². The molecule has 1 saturated heterocycles. The van der Waals surface area contributed by atoms with Gasteiger partial charge >= 0.3 is 0 Å². The molecule has 0 bridgehead atoms. The van der Waals surface area contributed by atoms with Crippen LogP contribution in [0.2, 0.25) is 0 Å². The van der Waals surface area contributed by atoms with Crippen molar-refractivity contribution in [1.82, 2.24) is 20.1 Å². The van der Waals surface area contributed by atoms with E-state index in [1.807, 2.05) is 34.5 Å². The molecule has 9 heteroatoms. The fraction of sp³-hybridized carbons (Fsp3) is 0.348. The smallest absolute Gasteiger partial charge is 0.252 e. The van der Waals surface area contributed by atoms with Gasteiger partial charge in [0.1, 0.15) is 10.8 Å². The summed E-state index contributed by atoms with van der Waals surface area (Å²) in [7, 11) is 1.66. The molecule has 3 aromatic rings. The molecule has 1 N–H and O–H groups in total. The molecule has 0 unspecified atom stereocenters. The summed E-state index contributed by atoms with van der Waals surface area (Å²) in [6.45, 7) is 4.19. The fourth-order valence-electron chi connectivity index (χ4n) is 3.57. The van der Waals surface area contributed by atoms with E-state index in [1.54, 1.807) is 29.9 Å². The Balaban J connectivity index is 1.19. The molecule has 0 saturated carbocycles. The molecule has 0 atom stereocenters. The molecular formula is C23H26N4O3S2. The quantitative estimate of drug-likeness (QED) is 0.547. The number of thiazole rings is 1. The molecule has 1 aromatic carbocycles. The van der Waals surface area contributed by atoms with Crippen molar-refractivity contribution in [2.75, 3.05) is 39.8 Å². The number of thiophene rings is 1. The second-order valence-electron chi connectivity index (χ2n) is 7.55. The lowest BCUT2D eigenvalue weighted by molar-refractivity contribution is -0.132. The molecular weight excluding hydrogens is 444 g/mol. The number of methoxy groups -OCH3 is 1. The van der Waals surface area contributed by atoms with Gasteiger partial charge in [-0.3, -0.25) is 14.5 Å². The molecule has 4 rings (SSSR count). The lowest BCUT2D eigenvalue weighted by Crippen LogP contribution is -2.48. The Labute approximate surface area is 195 Å². The Morgan fingerprint density at radius 3 is 2.56 bits per heavy atom. The number of carbonyl (C=O) groups is 2. The molecule has 0 radical (unpaired) electrons. The van der Waals surface area contributed by atoms with Crippen molar-refractivity contribution in [2.45, 2.75) is 13.0 Å². The van der Waals surface area contributed by atoms with Crippen molar-refractivity contribution < 1.29 is 14.3 Å². The van der Waals surface area contributed by atoms with Crippen LogP contribution in [0.15, 0.2) is 46.5 Å². The minimum absolute atomic E-state index is 0.0886. The highest BCUT2D eigenvalue weighted by atomic mass is 32.1. The predicted octanol–water partition coefficient (Wildman–Crippen LogP) is 3.34. The van der Waals surface area contributed by atoms with Crippen LogP contribution < -0.4 is 10.1 Å². The van der Waals surface area contributed by atoms with Gasteiger partial charge in [0.05, 0.1) is 12.8 Å². The Morgan fingerprint density at radius 2 is 1.88 bits per heavy atom. The molecule has 7 nitrogen and oxygen atoms in total. The van der Waals surface area contributed by atoms with Crippen molar-refractivity contribution in [3.05, 3.63) is 57.7 Å². The number of rotatable bonds is 8. The topological polar surface area (TPSA) is 74.8 Å². The summed E-state index contributed by atoms with van der Waals surface area (Å²) < 4.78 is 5.21. The van der Waals surface area contributed by atoms with Gasteiger partial charge in [0.2, 0.25) is 5.91 Å². The molecule has 0 spiro atoms. The summed E-state index contributed by atoms with van der Waals surface area (Å²) in [4.78, 5) is 33.4. The van der Waals surface area contributed by atoms with Gasteiger partial charge in [0.25, 0.3) is 5.91 Å². The van der Waals surface area contributed by atoms with E-state index in [1.165, 1.54) is 11.3 Å². The van der Waals surface area contributed by atoms with Crippen LogP contribution in [0, 0.1) is 0 Å². The maximum Gasteiger partial charge on any atom is 0.252 e. The van der Waals surface area contributed by atoms with Crippen LogP contribution in [0.3, 0.4) is 0 Å². The second-order valence-corrected chi connectivity index (χ2v) is 9.19. The Morgan fingerprint density at radius 1 is 1.09 bits per heavy atom. The van der Waals surface area contributed by atoms with Crippen LogP contribution in [0.4, 0.5) is 0 Å². The predicted molar refractivity (Wildman–Crippen MR) is 127 cm³/mol. The molecule has 168 valence electrons. The lowest BCUT2D eigenvalue weighted by atomic mass is 10.2. The molecule has 0 aliphatic carbocycles. The minimum atomic E-state index is -0.124. The first-order chi connectivity index (χ1) is 15.6. The Bertz CT molecular complexity index is 1030. The Kier molecular flexibility index (Phi) is 7.51. The molecule has 1 aliphatic heterocycles. The number of aromatic nitrogens is 1. The summed E-state index contributed by atoms with van der Waals surface area (Å²) in [5.41, 5.74) is 2.79. The van der Waals surface area contributed by atoms with Gasteiger partial charge in [-0.2, -0.15) is 11.3 Å². The van der Waals surface area contributed by atoms with Crippen LogP contribution in [-0.4, -0.2) is 66.4 Å². The maximum absolute atomic E-state index is 12.5. The highest BCUT2D eigenvalue weighted by molar-refractivity contribution is 7.13. The summed E-state index contributed by atoms with van der Waals surface area (Å²) in [5, 5.41) is 9.59. The van der Waals surface area contributed by atoms with Crippen molar-refractivity contribution in [3.8, 4) is 16.3 Å². The summed E-state index contributed by atoms with van der Waals surface area (Å²) in [6.07, 6.45) is 0.327. The average molecular weight is 471 g/mol. The largest absolute Gasteiger partial charge is 0.497 e. The second kappa shape index (κ2) is 10.7. The first-order valence-corrected chi connectivity index (χ1v) is 12.3. The zero-order chi connectivity index (χ0) is 22.3. The van der Waals surface area contributed by atoms with Crippen molar-refractivity contribution in [2.24, 2.45) is 0 Å². The molecule has 1 aliphatic rings. The van der Waals surface area contributed by atoms with E-state index < -0.39 is 0 Å². The van der Waals surface area contributed by atoms with Gasteiger partial charge in [-0.15, -0.1) is 11.3 Å². The number of amides is 2. The van der Waals surface area contributed by atoms with Crippen molar-refractivity contribution in [1.29, 1.82) is 0 Å². The summed E-state index contributed by atoms with van der Waals surface area (Å²) in [5.74, 6) is 0.801. The third-order valence-electron chi connectivity index (χ3n) is 5.41. The monoisotopic (exact) mass is 470 g/mol. The number of benzene rings is 1. The van der Waals surface area contributed by atoms with E-state index in [9.17, 15) is 9.59 Å². The number of carbonyl (C=O) groups excluding carboxylic acids is 2. The Hall–Kier alpha value is -2.75. The molecule has 2 amide bonds. The number of hydrogen-bond donors (Lipinski definition) is 1. The van der Waals surface area contributed by atoms with Crippen LogP contribution in [0.25, 0.3) is 10.6 Å². The van der Waals surface area contributed by atoms with Crippen LogP contribution >= 0.6 is 22.7 Å². The molecule has 1 fully saturated rings. The van der Waals surface area contributed by atoms with E-state index in [4.69, 9.17) is 9.72 Å². The number of hydrogen-bond acceptors (Lipinski definition) is 7. The van der Waals surface area contributed by atoms with Crippen LogP contribution in [-0.2, 0) is 11.3 Å². The first kappa shape index (κ1) is 22.4. The number of nitrogens with one attached hydrogen (secondary N) is 1. The minimum Gasteiger partial charge on any atom is -0.497 e. The number of piperazine rings is 1. The standard InChI is InChI=1S/C23H26N4O3S2/c1-30-20-4-2-17(3-5-20)23-25-19(16-32-23)14-26-9-11-27(12-10-26)21(28)6-8-24-22(29)18-7-13-31-15-18/h2-5,7,13,15-16H,6,8-12,14H2,1H3,(H,24,29). The van der Waals surface area contributed by atoms with Gasteiger partial charge in [-0.25, -0.2) is 4.98 Å². The van der Waals surface area contributed by atoms with E-state index in [0.717, 1.165) is 41.6 Å². The lowest BCUT2D eigenvalue weighted by Gasteiger charge is -2.34. The van der Waals surface area contributed by atoms with Gasteiger partial charge in [0, 0.05) is 67.6 Å². The SMILES string of the molecule is COc1ccc(-c2nc(CN3CCN(C(=O)CCNC(=O)c4ccsc4)CC3)cs2)cc1. The molecule has 3 heterocycles. The highest BCUT2D eigenvalue weighted by Crippen LogP contribution is 2.26. The van der Waals surface area contributed by atoms with Gasteiger partial charge in [-0.1, -0.05) is 0 Å². The van der Waals surface area contributed by atoms with Crippen LogP contribution in [0.5, 0.6) is 5.75 Å². The van der Waals surface area contributed by atoms with E-state index in [-0.39, 0.29) is 11.8 Å². The summed E-state index contributed by atoms with van der Waals surface area (Å²) >= 11 is 3.13. The van der Waals surface area contributed by atoms with Gasteiger partial charge < -0.3 is 15.0 Å². The third-order valence-corrected chi connectivity index (χ3v) is 7.03. The fourth-order valence-corrected chi connectivity index (χ4v) is 5.02. The van der Waals surface area contributed by atoms with Crippen molar-refractivity contribution >= 4 is 34.5 Å². The number of nitrogens with zero attached hydrogens (tertiary/aromatic N) is 3. The van der Waals surface area contributed by atoms with Crippen LogP contribution in [0.1, 0.15) is 22.5 Å². The maximum atomic E-state index is 12.5. The van der Waals surface area contributed by atoms with Gasteiger partial charge in [0.15, 0.2) is 0 Å². The summed E-state index contributed by atoms with van der Waals surface area (Å²) in [6, 6.07) is 9.72. The van der Waals surface area contributed by atoms with Crippen molar-refractivity contribution in [3.63, 3.8) is 0 Å². The van der Waals surface area contributed by atoms with E-state index in [0.29, 0.717) is 31.6 Å². The van der Waals surface area contributed by atoms with Gasteiger partial charge in [-0.05, 0) is 35.7 Å².